The Balaban J connectivity index is 0.00000361. The molecule has 0 aliphatic rings. The molecule has 2 amide bonds. The zero-order chi connectivity index (χ0) is 14.4. The Bertz CT molecular complexity index is 465. The van der Waals surface area contributed by atoms with Crippen LogP contribution in [0.5, 0.6) is 0 Å². The van der Waals surface area contributed by atoms with Gasteiger partial charge in [-0.1, -0.05) is 6.07 Å². The Morgan fingerprint density at radius 1 is 1.35 bits per heavy atom. The van der Waals surface area contributed by atoms with Gasteiger partial charge in [0.15, 0.2) is 0 Å². The third-order valence-electron chi connectivity index (χ3n) is 2.92. The highest BCUT2D eigenvalue weighted by Crippen LogP contribution is 2.08. The molecule has 3 N–H and O–H groups in total. The first-order valence-electron chi connectivity index (χ1n) is 6.36. The third kappa shape index (κ3) is 4.83. The maximum atomic E-state index is 12.0. The first kappa shape index (κ1) is 18.4. The molecular weight excluding hydrogens is 278 g/mol. The van der Waals surface area contributed by atoms with Crippen LogP contribution in [0, 0.1) is 0 Å². The van der Waals surface area contributed by atoms with Crippen LogP contribution in [-0.2, 0) is 0 Å². The third-order valence-corrected chi connectivity index (χ3v) is 2.92. The highest BCUT2D eigenvalue weighted by molar-refractivity contribution is 5.99. The summed E-state index contributed by atoms with van der Waals surface area (Å²) in [7, 11) is 1.73. The topological polar surface area (TPSA) is 75.4 Å². The summed E-state index contributed by atoms with van der Waals surface area (Å²) >= 11 is 0. The van der Waals surface area contributed by atoms with Gasteiger partial charge in [-0.05, 0) is 32.0 Å². The Morgan fingerprint density at radius 3 is 2.50 bits per heavy atom. The second-order valence-corrected chi connectivity index (χ2v) is 4.51. The van der Waals surface area contributed by atoms with Crippen LogP contribution in [0.15, 0.2) is 24.3 Å². The summed E-state index contributed by atoms with van der Waals surface area (Å²) in [5, 5.41) is 2.77. The van der Waals surface area contributed by atoms with Crippen molar-refractivity contribution in [2.75, 3.05) is 20.1 Å². The average molecular weight is 300 g/mol. The number of benzene rings is 1. The van der Waals surface area contributed by atoms with Gasteiger partial charge in [0.1, 0.15) is 0 Å². The van der Waals surface area contributed by atoms with Crippen LogP contribution in [0.4, 0.5) is 0 Å². The fourth-order valence-electron chi connectivity index (χ4n) is 1.52. The number of carbonyl (C=O) groups is 2. The van der Waals surface area contributed by atoms with E-state index in [2.05, 4.69) is 5.32 Å². The summed E-state index contributed by atoms with van der Waals surface area (Å²) in [4.78, 5) is 25.5. The van der Waals surface area contributed by atoms with E-state index in [0.717, 1.165) is 0 Å². The fraction of sp³-hybridized carbons (Fsp3) is 0.429. The van der Waals surface area contributed by atoms with Crippen molar-refractivity contribution in [2.24, 2.45) is 5.73 Å². The van der Waals surface area contributed by atoms with Gasteiger partial charge in [0.25, 0.3) is 11.8 Å². The number of halogens is 1. The molecule has 112 valence electrons. The second-order valence-electron chi connectivity index (χ2n) is 4.51. The van der Waals surface area contributed by atoms with Crippen molar-refractivity contribution in [3.63, 3.8) is 0 Å². The monoisotopic (exact) mass is 299 g/mol. The number of carbonyl (C=O) groups excluding carboxylic acids is 2. The molecule has 1 rings (SSSR count). The average Bonchev–Trinajstić information content (AvgIpc) is 2.45. The van der Waals surface area contributed by atoms with E-state index in [-0.39, 0.29) is 30.3 Å². The largest absolute Gasteiger partial charge is 0.348 e. The Hall–Kier alpha value is -1.59. The molecule has 0 heterocycles. The summed E-state index contributed by atoms with van der Waals surface area (Å²) < 4.78 is 0. The molecule has 6 heteroatoms. The molecule has 0 saturated heterocycles. The van der Waals surface area contributed by atoms with Crippen molar-refractivity contribution in [2.45, 2.75) is 19.9 Å². The molecule has 0 spiro atoms. The Morgan fingerprint density at radius 2 is 1.95 bits per heavy atom. The molecule has 5 nitrogen and oxygen atoms in total. The van der Waals surface area contributed by atoms with Crippen molar-refractivity contribution >= 4 is 24.2 Å². The van der Waals surface area contributed by atoms with Gasteiger partial charge in [0.2, 0.25) is 0 Å². The van der Waals surface area contributed by atoms with Gasteiger partial charge in [-0.2, -0.15) is 0 Å². The van der Waals surface area contributed by atoms with Gasteiger partial charge < -0.3 is 16.0 Å². The van der Waals surface area contributed by atoms with E-state index in [1.54, 1.807) is 36.2 Å². The molecule has 1 atom stereocenters. The molecule has 0 aliphatic carbocycles. The summed E-state index contributed by atoms with van der Waals surface area (Å²) in [5.41, 5.74) is 6.44. The number of rotatable bonds is 5. The van der Waals surface area contributed by atoms with Crippen molar-refractivity contribution in [1.29, 1.82) is 0 Å². The minimum absolute atomic E-state index is 0. The van der Waals surface area contributed by atoms with Crippen LogP contribution in [0.2, 0.25) is 0 Å². The minimum Gasteiger partial charge on any atom is -0.348 e. The molecule has 0 unspecified atom stereocenters. The second kappa shape index (κ2) is 8.55. The van der Waals surface area contributed by atoms with E-state index in [0.29, 0.717) is 24.2 Å². The van der Waals surface area contributed by atoms with Crippen molar-refractivity contribution in [1.82, 2.24) is 10.2 Å². The standard InChI is InChI=1S/C14H21N3O2.ClH/c1-4-17(3)14(19)12-7-5-6-11(8-12)13(18)16-10(2)9-15;/h5-8,10H,4,9,15H2,1-3H3,(H,16,18);1H/t10-;/m0./s1. The summed E-state index contributed by atoms with van der Waals surface area (Å²) in [6.07, 6.45) is 0. The number of hydrogen-bond acceptors (Lipinski definition) is 3. The minimum atomic E-state index is -0.216. The Kier molecular flexibility index (Phi) is 7.87. The molecule has 20 heavy (non-hydrogen) atoms. The lowest BCUT2D eigenvalue weighted by Gasteiger charge is -2.15. The SMILES string of the molecule is CCN(C)C(=O)c1cccc(C(=O)N[C@@H](C)CN)c1.Cl. The van der Waals surface area contributed by atoms with Crippen LogP contribution < -0.4 is 11.1 Å². The summed E-state index contributed by atoms with van der Waals surface area (Å²) in [5.74, 6) is -0.309. The van der Waals surface area contributed by atoms with Gasteiger partial charge in [-0.3, -0.25) is 9.59 Å². The van der Waals surface area contributed by atoms with Crippen LogP contribution in [0.25, 0.3) is 0 Å². The number of nitrogens with zero attached hydrogens (tertiary/aromatic N) is 1. The lowest BCUT2D eigenvalue weighted by Crippen LogP contribution is -2.37. The molecular formula is C14H22ClN3O2. The van der Waals surface area contributed by atoms with E-state index in [9.17, 15) is 9.59 Å². The first-order valence-corrected chi connectivity index (χ1v) is 6.36. The normalized spacial score (nSPS) is 11.2. The lowest BCUT2D eigenvalue weighted by molar-refractivity contribution is 0.0802. The molecule has 0 aromatic heterocycles. The highest BCUT2D eigenvalue weighted by Gasteiger charge is 2.13. The van der Waals surface area contributed by atoms with E-state index < -0.39 is 0 Å². The first-order chi connectivity index (χ1) is 8.99. The predicted molar refractivity (Wildman–Crippen MR) is 82.3 cm³/mol. The Labute approximate surface area is 125 Å². The smallest absolute Gasteiger partial charge is 0.253 e. The lowest BCUT2D eigenvalue weighted by atomic mass is 10.1. The summed E-state index contributed by atoms with van der Waals surface area (Å²) in [6, 6.07) is 6.61. The molecule has 0 fully saturated rings. The van der Waals surface area contributed by atoms with Crippen molar-refractivity contribution in [3.8, 4) is 0 Å². The fourth-order valence-corrected chi connectivity index (χ4v) is 1.52. The van der Waals surface area contributed by atoms with Gasteiger partial charge in [-0.25, -0.2) is 0 Å². The molecule has 0 saturated carbocycles. The van der Waals surface area contributed by atoms with Crippen LogP contribution in [0.1, 0.15) is 34.6 Å². The van der Waals surface area contributed by atoms with E-state index in [1.165, 1.54) is 0 Å². The van der Waals surface area contributed by atoms with Crippen molar-refractivity contribution in [3.05, 3.63) is 35.4 Å². The molecule has 0 radical (unpaired) electrons. The zero-order valence-electron chi connectivity index (χ0n) is 12.1. The number of nitrogens with two attached hydrogens (primary N) is 1. The number of amides is 2. The molecule has 1 aromatic rings. The number of hydrogen-bond donors (Lipinski definition) is 2. The maximum Gasteiger partial charge on any atom is 0.253 e. The van der Waals surface area contributed by atoms with E-state index >= 15 is 0 Å². The van der Waals surface area contributed by atoms with Crippen LogP contribution >= 0.6 is 12.4 Å². The van der Waals surface area contributed by atoms with Gasteiger partial charge in [0, 0.05) is 37.3 Å². The molecule has 0 bridgehead atoms. The van der Waals surface area contributed by atoms with Gasteiger partial charge in [0.05, 0.1) is 0 Å². The van der Waals surface area contributed by atoms with Crippen LogP contribution in [0.3, 0.4) is 0 Å². The van der Waals surface area contributed by atoms with Gasteiger partial charge >= 0.3 is 0 Å². The summed E-state index contributed by atoms with van der Waals surface area (Å²) in [6.45, 7) is 4.73. The zero-order valence-corrected chi connectivity index (χ0v) is 12.9. The highest BCUT2D eigenvalue weighted by atomic mass is 35.5. The van der Waals surface area contributed by atoms with E-state index in [1.807, 2.05) is 13.8 Å². The number of nitrogens with one attached hydrogen (secondary N) is 1. The maximum absolute atomic E-state index is 12.0. The van der Waals surface area contributed by atoms with Crippen molar-refractivity contribution < 1.29 is 9.59 Å². The molecule has 1 aromatic carbocycles. The predicted octanol–water partition coefficient (Wildman–Crippen LogP) is 1.28. The van der Waals surface area contributed by atoms with Crippen LogP contribution in [-0.4, -0.2) is 42.9 Å². The van der Waals surface area contributed by atoms with Gasteiger partial charge in [-0.15, -0.1) is 12.4 Å². The quantitative estimate of drug-likeness (QED) is 0.860. The van der Waals surface area contributed by atoms with E-state index in [4.69, 9.17) is 5.73 Å². The molecule has 0 aliphatic heterocycles.